The topological polar surface area (TPSA) is 49.9 Å². The number of amides is 2. The monoisotopic (exact) mass is 358 g/mol. The molecule has 6 heteroatoms. The molecule has 2 aromatic rings. The molecule has 1 aliphatic rings. The lowest BCUT2D eigenvalue weighted by Crippen LogP contribution is -2.50. The maximum atomic E-state index is 12.6. The Kier molecular flexibility index (Phi) is 5.38. The summed E-state index contributed by atoms with van der Waals surface area (Å²) in [6, 6.07) is 11.0. The van der Waals surface area contributed by atoms with Crippen LogP contribution in [0.2, 0.25) is 0 Å². The van der Waals surface area contributed by atoms with Gasteiger partial charge in [-0.15, -0.1) is 11.3 Å². The Balaban J connectivity index is 1.57. The summed E-state index contributed by atoms with van der Waals surface area (Å²) < 4.78 is 5.60. The summed E-state index contributed by atoms with van der Waals surface area (Å²) in [5.74, 6) is 0.814. The molecule has 5 nitrogen and oxygen atoms in total. The number of benzene rings is 1. The SMILES string of the molecule is CC(C)Oc1ccc(C(=O)N2CCN(C(=O)c3cccs3)CC2)cc1. The van der Waals surface area contributed by atoms with Crippen LogP contribution < -0.4 is 4.74 Å². The van der Waals surface area contributed by atoms with Gasteiger partial charge in [0, 0.05) is 31.7 Å². The average molecular weight is 358 g/mol. The van der Waals surface area contributed by atoms with Crippen molar-refractivity contribution >= 4 is 23.2 Å². The van der Waals surface area contributed by atoms with E-state index in [2.05, 4.69) is 0 Å². The number of carbonyl (C=O) groups excluding carboxylic acids is 2. The van der Waals surface area contributed by atoms with Gasteiger partial charge in [0.15, 0.2) is 0 Å². The predicted octanol–water partition coefficient (Wildman–Crippen LogP) is 3.13. The maximum absolute atomic E-state index is 12.6. The summed E-state index contributed by atoms with van der Waals surface area (Å²) >= 11 is 1.45. The van der Waals surface area contributed by atoms with E-state index < -0.39 is 0 Å². The van der Waals surface area contributed by atoms with Gasteiger partial charge in [-0.2, -0.15) is 0 Å². The standard InChI is InChI=1S/C19H22N2O3S/c1-14(2)24-16-7-5-15(6-8-16)18(22)20-9-11-21(12-10-20)19(23)17-4-3-13-25-17/h3-8,13-14H,9-12H2,1-2H3. The van der Waals surface area contributed by atoms with Crippen molar-refractivity contribution in [2.24, 2.45) is 0 Å². The molecule has 0 bridgehead atoms. The molecular formula is C19H22N2O3S. The van der Waals surface area contributed by atoms with Crippen molar-refractivity contribution in [1.82, 2.24) is 9.80 Å². The number of piperazine rings is 1. The molecule has 1 aromatic heterocycles. The van der Waals surface area contributed by atoms with Crippen LogP contribution in [0.5, 0.6) is 5.75 Å². The Hall–Kier alpha value is -2.34. The van der Waals surface area contributed by atoms with Crippen LogP contribution in [0.15, 0.2) is 41.8 Å². The molecule has 0 atom stereocenters. The highest BCUT2D eigenvalue weighted by Gasteiger charge is 2.25. The molecule has 1 saturated heterocycles. The third-order valence-electron chi connectivity index (χ3n) is 4.06. The molecule has 1 aliphatic heterocycles. The van der Waals surface area contributed by atoms with Crippen LogP contribution in [0.3, 0.4) is 0 Å². The van der Waals surface area contributed by atoms with Crippen molar-refractivity contribution in [3.05, 3.63) is 52.2 Å². The molecule has 0 saturated carbocycles. The van der Waals surface area contributed by atoms with Crippen molar-refractivity contribution in [3.63, 3.8) is 0 Å². The summed E-state index contributed by atoms with van der Waals surface area (Å²) in [6.07, 6.45) is 0.107. The van der Waals surface area contributed by atoms with E-state index in [0.29, 0.717) is 31.7 Å². The first-order chi connectivity index (χ1) is 12.0. The Labute approximate surface area is 151 Å². The quantitative estimate of drug-likeness (QED) is 0.844. The lowest BCUT2D eigenvalue weighted by molar-refractivity contribution is 0.0538. The van der Waals surface area contributed by atoms with Crippen LogP contribution in [0.4, 0.5) is 0 Å². The van der Waals surface area contributed by atoms with Crippen molar-refractivity contribution in [2.75, 3.05) is 26.2 Å². The summed E-state index contributed by atoms with van der Waals surface area (Å²) in [4.78, 5) is 29.3. The molecule has 0 spiro atoms. The molecule has 132 valence electrons. The molecule has 1 fully saturated rings. The number of rotatable bonds is 4. The zero-order valence-corrected chi connectivity index (χ0v) is 15.3. The lowest BCUT2D eigenvalue weighted by Gasteiger charge is -2.34. The fourth-order valence-corrected chi connectivity index (χ4v) is 3.49. The minimum absolute atomic E-state index is 0.000630. The first-order valence-electron chi connectivity index (χ1n) is 8.43. The van der Waals surface area contributed by atoms with Gasteiger partial charge in [0.25, 0.3) is 11.8 Å². The van der Waals surface area contributed by atoms with Gasteiger partial charge in [0.2, 0.25) is 0 Å². The molecule has 3 rings (SSSR count). The van der Waals surface area contributed by atoms with Crippen molar-refractivity contribution in [1.29, 1.82) is 0 Å². The highest BCUT2D eigenvalue weighted by Crippen LogP contribution is 2.17. The highest BCUT2D eigenvalue weighted by molar-refractivity contribution is 7.12. The highest BCUT2D eigenvalue weighted by atomic mass is 32.1. The summed E-state index contributed by atoms with van der Waals surface area (Å²) in [7, 11) is 0. The molecular weight excluding hydrogens is 336 g/mol. The van der Waals surface area contributed by atoms with E-state index in [1.807, 2.05) is 48.4 Å². The van der Waals surface area contributed by atoms with Crippen molar-refractivity contribution in [3.8, 4) is 5.75 Å². The van der Waals surface area contributed by atoms with Crippen LogP contribution >= 0.6 is 11.3 Å². The van der Waals surface area contributed by atoms with Crippen molar-refractivity contribution in [2.45, 2.75) is 20.0 Å². The van der Waals surface area contributed by atoms with Gasteiger partial charge in [-0.1, -0.05) is 6.07 Å². The molecule has 0 aliphatic carbocycles. The first kappa shape index (κ1) is 17.5. The zero-order valence-electron chi connectivity index (χ0n) is 14.5. The summed E-state index contributed by atoms with van der Waals surface area (Å²) in [6.45, 7) is 6.18. The Morgan fingerprint density at radius 1 is 0.960 bits per heavy atom. The first-order valence-corrected chi connectivity index (χ1v) is 9.31. The Bertz CT molecular complexity index is 718. The molecule has 1 aromatic carbocycles. The minimum atomic E-state index is -0.000630. The van der Waals surface area contributed by atoms with Crippen molar-refractivity contribution < 1.29 is 14.3 Å². The van der Waals surface area contributed by atoms with Crippen LogP contribution in [0.25, 0.3) is 0 Å². The van der Waals surface area contributed by atoms with Crippen LogP contribution in [-0.4, -0.2) is 53.9 Å². The van der Waals surface area contributed by atoms with Gasteiger partial charge in [-0.25, -0.2) is 0 Å². The lowest BCUT2D eigenvalue weighted by atomic mass is 10.1. The fourth-order valence-electron chi connectivity index (χ4n) is 2.80. The number of thiophene rings is 1. The maximum Gasteiger partial charge on any atom is 0.264 e. The van der Waals surface area contributed by atoms with E-state index in [1.54, 1.807) is 17.0 Å². The van der Waals surface area contributed by atoms with Gasteiger partial charge < -0.3 is 14.5 Å². The van der Waals surface area contributed by atoms with Crippen LogP contribution in [0.1, 0.15) is 33.9 Å². The van der Waals surface area contributed by atoms with Gasteiger partial charge >= 0.3 is 0 Å². The van der Waals surface area contributed by atoms with E-state index in [0.717, 1.165) is 10.6 Å². The molecule has 25 heavy (non-hydrogen) atoms. The normalized spacial score (nSPS) is 14.7. The van der Waals surface area contributed by atoms with E-state index in [-0.39, 0.29) is 17.9 Å². The smallest absolute Gasteiger partial charge is 0.264 e. The molecule has 0 radical (unpaired) electrons. The number of ether oxygens (including phenoxy) is 1. The third kappa shape index (κ3) is 4.20. The fraction of sp³-hybridized carbons (Fsp3) is 0.368. The van der Waals surface area contributed by atoms with E-state index in [4.69, 9.17) is 4.74 Å². The third-order valence-corrected chi connectivity index (χ3v) is 4.92. The van der Waals surface area contributed by atoms with Gasteiger partial charge in [-0.3, -0.25) is 9.59 Å². The number of carbonyl (C=O) groups is 2. The molecule has 0 N–H and O–H groups in total. The zero-order chi connectivity index (χ0) is 17.8. The van der Waals surface area contributed by atoms with Crippen LogP contribution in [-0.2, 0) is 0 Å². The molecule has 2 amide bonds. The Morgan fingerprint density at radius 3 is 2.08 bits per heavy atom. The molecule has 0 unspecified atom stereocenters. The van der Waals surface area contributed by atoms with E-state index >= 15 is 0 Å². The van der Waals surface area contributed by atoms with E-state index in [9.17, 15) is 9.59 Å². The van der Waals surface area contributed by atoms with Crippen LogP contribution in [0, 0.1) is 0 Å². The summed E-state index contributed by atoms with van der Waals surface area (Å²) in [5.41, 5.74) is 0.647. The Morgan fingerprint density at radius 2 is 1.56 bits per heavy atom. The minimum Gasteiger partial charge on any atom is -0.491 e. The predicted molar refractivity (Wildman–Crippen MR) is 98.3 cm³/mol. The second-order valence-electron chi connectivity index (χ2n) is 6.25. The van der Waals surface area contributed by atoms with Gasteiger partial charge in [0.1, 0.15) is 5.75 Å². The summed E-state index contributed by atoms with van der Waals surface area (Å²) in [5, 5.41) is 1.90. The molecule has 2 heterocycles. The van der Waals surface area contributed by atoms with Gasteiger partial charge in [0.05, 0.1) is 11.0 Å². The largest absolute Gasteiger partial charge is 0.491 e. The second kappa shape index (κ2) is 7.70. The van der Waals surface area contributed by atoms with E-state index in [1.165, 1.54) is 11.3 Å². The number of hydrogen-bond donors (Lipinski definition) is 0. The number of hydrogen-bond acceptors (Lipinski definition) is 4. The average Bonchev–Trinajstić information content (AvgIpc) is 3.15. The second-order valence-corrected chi connectivity index (χ2v) is 7.20. The number of nitrogens with zero attached hydrogens (tertiary/aromatic N) is 2. The van der Waals surface area contributed by atoms with Gasteiger partial charge in [-0.05, 0) is 49.6 Å².